The maximum Gasteiger partial charge on any atom is 0.225 e. The third kappa shape index (κ3) is 4.22. The molecule has 3 rings (SSSR count). The summed E-state index contributed by atoms with van der Waals surface area (Å²) in [5.74, 6) is -0.353. The fourth-order valence-corrected chi connectivity index (χ4v) is 3.99. The molecule has 2 aromatic rings. The zero-order valence-corrected chi connectivity index (χ0v) is 15.3. The molecular weight excluding hydrogens is 336 g/mol. The Morgan fingerprint density at radius 2 is 2.28 bits per heavy atom. The molecule has 0 spiro atoms. The summed E-state index contributed by atoms with van der Waals surface area (Å²) in [7, 11) is 0. The van der Waals surface area contributed by atoms with Crippen molar-refractivity contribution in [3.63, 3.8) is 0 Å². The van der Waals surface area contributed by atoms with Crippen molar-refractivity contribution in [1.29, 1.82) is 0 Å². The van der Waals surface area contributed by atoms with Gasteiger partial charge in [-0.25, -0.2) is 4.98 Å². The molecule has 0 radical (unpaired) electrons. The minimum Gasteiger partial charge on any atom is -0.351 e. The van der Waals surface area contributed by atoms with Gasteiger partial charge in [-0.05, 0) is 25.5 Å². The number of hydrogen-bond donors (Lipinski definition) is 1. The molecule has 132 valence electrons. The first kappa shape index (κ1) is 17.5. The van der Waals surface area contributed by atoms with E-state index in [0.29, 0.717) is 19.6 Å². The molecule has 1 N–H and O–H groups in total. The van der Waals surface area contributed by atoms with Gasteiger partial charge in [-0.3, -0.25) is 14.6 Å². The van der Waals surface area contributed by atoms with E-state index in [1.807, 2.05) is 25.1 Å². The first-order valence-corrected chi connectivity index (χ1v) is 9.29. The molecular formula is C18H22N4O2S. The van der Waals surface area contributed by atoms with Gasteiger partial charge in [0.1, 0.15) is 0 Å². The van der Waals surface area contributed by atoms with Gasteiger partial charge in [0.2, 0.25) is 11.8 Å². The highest BCUT2D eigenvalue weighted by atomic mass is 32.1. The molecule has 2 amide bonds. The van der Waals surface area contributed by atoms with Crippen LogP contribution < -0.4 is 5.32 Å². The van der Waals surface area contributed by atoms with Crippen LogP contribution in [0, 0.1) is 12.8 Å². The molecule has 1 aliphatic heterocycles. The number of carbonyl (C=O) groups is 2. The number of nitrogens with zero attached hydrogens (tertiary/aromatic N) is 3. The smallest absolute Gasteiger partial charge is 0.225 e. The second-order valence-electron chi connectivity index (χ2n) is 6.17. The van der Waals surface area contributed by atoms with Crippen molar-refractivity contribution in [3.8, 4) is 0 Å². The summed E-state index contributed by atoms with van der Waals surface area (Å²) in [4.78, 5) is 36.2. The highest BCUT2D eigenvalue weighted by molar-refractivity contribution is 7.11. The second kappa shape index (κ2) is 7.74. The van der Waals surface area contributed by atoms with Gasteiger partial charge < -0.3 is 10.2 Å². The average molecular weight is 358 g/mol. The molecule has 1 atom stereocenters. The van der Waals surface area contributed by atoms with Gasteiger partial charge in [-0.1, -0.05) is 13.0 Å². The van der Waals surface area contributed by atoms with E-state index < -0.39 is 0 Å². The van der Waals surface area contributed by atoms with E-state index in [1.54, 1.807) is 22.4 Å². The molecule has 3 heterocycles. The van der Waals surface area contributed by atoms with Crippen LogP contribution in [0.4, 0.5) is 0 Å². The average Bonchev–Trinajstić information content (AvgIpc) is 3.16. The Labute approximate surface area is 151 Å². The van der Waals surface area contributed by atoms with Crippen LogP contribution in [0.2, 0.25) is 0 Å². The molecule has 0 unspecified atom stereocenters. The van der Waals surface area contributed by atoms with E-state index in [2.05, 4.69) is 22.2 Å². The Hall–Kier alpha value is -2.28. The lowest BCUT2D eigenvalue weighted by molar-refractivity contribution is -0.129. The van der Waals surface area contributed by atoms with Gasteiger partial charge in [0.15, 0.2) is 0 Å². The predicted octanol–water partition coefficient (Wildman–Crippen LogP) is 2.07. The van der Waals surface area contributed by atoms with Gasteiger partial charge in [0.25, 0.3) is 0 Å². The molecule has 0 aliphatic carbocycles. The molecule has 0 saturated carbocycles. The number of likely N-dealkylation sites (tertiary alicyclic amines) is 1. The third-order valence-corrected chi connectivity index (χ3v) is 5.32. The van der Waals surface area contributed by atoms with Crippen molar-refractivity contribution >= 4 is 23.2 Å². The van der Waals surface area contributed by atoms with Gasteiger partial charge in [-0.2, -0.15) is 0 Å². The number of carbonyl (C=O) groups excluding carboxylic acids is 2. The first-order valence-electron chi connectivity index (χ1n) is 8.47. The van der Waals surface area contributed by atoms with E-state index in [1.165, 1.54) is 0 Å². The van der Waals surface area contributed by atoms with Crippen molar-refractivity contribution in [2.75, 3.05) is 6.54 Å². The Morgan fingerprint density at radius 3 is 3.00 bits per heavy atom. The molecule has 6 nitrogen and oxygen atoms in total. The van der Waals surface area contributed by atoms with Crippen LogP contribution in [0.3, 0.4) is 0 Å². The normalized spacial score (nSPS) is 17.1. The van der Waals surface area contributed by atoms with Gasteiger partial charge >= 0.3 is 0 Å². The van der Waals surface area contributed by atoms with Crippen molar-refractivity contribution in [2.45, 2.75) is 39.8 Å². The molecule has 1 aliphatic rings. The molecule has 0 bridgehead atoms. The van der Waals surface area contributed by atoms with Crippen LogP contribution in [0.5, 0.6) is 0 Å². The van der Waals surface area contributed by atoms with Crippen LogP contribution in [-0.2, 0) is 29.1 Å². The number of pyridine rings is 1. The number of aryl methyl sites for hydroxylation is 2. The molecule has 2 aromatic heterocycles. The number of nitrogens with one attached hydrogen (secondary N) is 1. The van der Waals surface area contributed by atoms with Crippen LogP contribution in [0.1, 0.15) is 34.6 Å². The van der Waals surface area contributed by atoms with Crippen LogP contribution >= 0.6 is 11.3 Å². The van der Waals surface area contributed by atoms with Crippen LogP contribution in [0.25, 0.3) is 0 Å². The monoisotopic (exact) mass is 358 g/mol. The zero-order chi connectivity index (χ0) is 17.8. The highest BCUT2D eigenvalue weighted by Crippen LogP contribution is 2.21. The number of aromatic nitrogens is 2. The van der Waals surface area contributed by atoms with Crippen LogP contribution in [-0.4, -0.2) is 33.2 Å². The van der Waals surface area contributed by atoms with Crippen molar-refractivity contribution in [1.82, 2.24) is 20.2 Å². The summed E-state index contributed by atoms with van der Waals surface area (Å²) in [6.45, 7) is 5.42. The molecule has 0 aromatic carbocycles. The molecule has 7 heteroatoms. The van der Waals surface area contributed by atoms with Crippen LogP contribution in [0.15, 0.2) is 24.4 Å². The van der Waals surface area contributed by atoms with Crippen molar-refractivity contribution in [2.24, 2.45) is 5.92 Å². The van der Waals surface area contributed by atoms with Crippen molar-refractivity contribution in [3.05, 3.63) is 45.7 Å². The predicted molar refractivity (Wildman–Crippen MR) is 95.8 cm³/mol. The summed E-state index contributed by atoms with van der Waals surface area (Å²) in [5, 5.41) is 3.98. The minimum absolute atomic E-state index is 0.00804. The van der Waals surface area contributed by atoms with E-state index in [0.717, 1.165) is 27.7 Å². The highest BCUT2D eigenvalue weighted by Gasteiger charge is 2.34. The Morgan fingerprint density at radius 1 is 1.44 bits per heavy atom. The quantitative estimate of drug-likeness (QED) is 0.858. The Bertz CT molecular complexity index is 760. The number of thiazole rings is 1. The summed E-state index contributed by atoms with van der Waals surface area (Å²) in [6, 6.07) is 5.63. The molecule has 1 saturated heterocycles. The van der Waals surface area contributed by atoms with Gasteiger partial charge in [0, 0.05) is 24.0 Å². The fourth-order valence-electron chi connectivity index (χ4n) is 3.03. The molecule has 25 heavy (non-hydrogen) atoms. The van der Waals surface area contributed by atoms with Gasteiger partial charge in [-0.15, -0.1) is 11.3 Å². The van der Waals surface area contributed by atoms with E-state index >= 15 is 0 Å². The lowest BCUT2D eigenvalue weighted by Crippen LogP contribution is -2.32. The maximum atomic E-state index is 12.4. The summed E-state index contributed by atoms with van der Waals surface area (Å²) < 4.78 is 0. The zero-order valence-electron chi connectivity index (χ0n) is 14.5. The minimum atomic E-state index is -0.296. The Balaban J connectivity index is 1.55. The third-order valence-electron chi connectivity index (χ3n) is 4.31. The van der Waals surface area contributed by atoms with E-state index in [-0.39, 0.29) is 24.2 Å². The number of rotatable bonds is 6. The lowest BCUT2D eigenvalue weighted by atomic mass is 10.1. The fraction of sp³-hybridized carbons (Fsp3) is 0.444. The van der Waals surface area contributed by atoms with Crippen molar-refractivity contribution < 1.29 is 9.59 Å². The lowest BCUT2D eigenvalue weighted by Gasteiger charge is -2.16. The topological polar surface area (TPSA) is 75.2 Å². The SMILES string of the molecule is CCc1nc(C)sc1CNC(=O)[C@H]1CC(=O)N(Cc2ccccn2)C1. The van der Waals surface area contributed by atoms with E-state index in [4.69, 9.17) is 0 Å². The number of amides is 2. The van der Waals surface area contributed by atoms with E-state index in [9.17, 15) is 9.59 Å². The first-order chi connectivity index (χ1) is 12.1. The molecule has 1 fully saturated rings. The summed E-state index contributed by atoms with van der Waals surface area (Å²) in [5.41, 5.74) is 1.88. The Kier molecular flexibility index (Phi) is 5.43. The summed E-state index contributed by atoms with van der Waals surface area (Å²) >= 11 is 1.61. The second-order valence-corrected chi connectivity index (χ2v) is 7.46. The van der Waals surface area contributed by atoms with Gasteiger partial charge in [0.05, 0.1) is 35.4 Å². The largest absolute Gasteiger partial charge is 0.351 e. The maximum absolute atomic E-state index is 12.4. The summed E-state index contributed by atoms with van der Waals surface area (Å²) in [6.07, 6.45) is 2.83. The standard InChI is InChI=1S/C18H22N4O2S/c1-3-15-16(25-12(2)21-15)9-20-18(24)13-8-17(23)22(10-13)11-14-6-4-5-7-19-14/h4-7,13H,3,8-11H2,1-2H3,(H,20,24)/t13-/m0/s1. The number of hydrogen-bond acceptors (Lipinski definition) is 5.